The van der Waals surface area contributed by atoms with E-state index in [0.717, 1.165) is 54.0 Å². The molecule has 0 bridgehead atoms. The molecule has 25 heavy (non-hydrogen) atoms. The van der Waals surface area contributed by atoms with Crippen LogP contribution in [0.15, 0.2) is 41.4 Å². The lowest BCUT2D eigenvalue weighted by molar-refractivity contribution is 0.0701. The van der Waals surface area contributed by atoms with Gasteiger partial charge in [0.15, 0.2) is 0 Å². The fraction of sp³-hybridized carbons (Fsp3) is 0.350. The van der Waals surface area contributed by atoms with E-state index >= 15 is 0 Å². The summed E-state index contributed by atoms with van der Waals surface area (Å²) in [6.07, 6.45) is 1.94. The second-order valence-corrected chi connectivity index (χ2v) is 6.79. The Kier molecular flexibility index (Phi) is 5.61. The van der Waals surface area contributed by atoms with E-state index in [9.17, 15) is 0 Å². The lowest BCUT2D eigenvalue weighted by Gasteiger charge is -2.25. The zero-order chi connectivity index (χ0) is 17.8. The van der Waals surface area contributed by atoms with Gasteiger partial charge in [0.05, 0.1) is 25.2 Å². The van der Waals surface area contributed by atoms with Crippen molar-refractivity contribution in [2.45, 2.75) is 13.8 Å². The summed E-state index contributed by atoms with van der Waals surface area (Å²) in [5.41, 5.74) is 5.57. The Morgan fingerprint density at radius 1 is 1.12 bits per heavy atom. The van der Waals surface area contributed by atoms with Crippen molar-refractivity contribution in [3.8, 4) is 0 Å². The van der Waals surface area contributed by atoms with Crippen LogP contribution in [0.3, 0.4) is 0 Å². The average molecular weight is 358 g/mol. The minimum Gasteiger partial charge on any atom is -0.378 e. The number of anilines is 2. The van der Waals surface area contributed by atoms with Gasteiger partial charge >= 0.3 is 0 Å². The number of ether oxygens (including phenoxy) is 1. The van der Waals surface area contributed by atoms with Crippen molar-refractivity contribution in [2.24, 2.45) is 4.99 Å². The molecule has 3 rings (SSSR count). The van der Waals surface area contributed by atoms with E-state index in [2.05, 4.69) is 53.9 Å². The molecule has 132 valence electrons. The summed E-state index contributed by atoms with van der Waals surface area (Å²) in [6.45, 7) is 7.55. The van der Waals surface area contributed by atoms with E-state index in [-0.39, 0.29) is 0 Å². The Hall–Kier alpha value is -2.04. The number of rotatable bonds is 4. The molecule has 5 heteroatoms. The van der Waals surface area contributed by atoms with E-state index < -0.39 is 0 Å². The smallest absolute Gasteiger partial charge is 0.0914 e. The fourth-order valence-corrected chi connectivity index (χ4v) is 3.13. The average Bonchev–Trinajstić information content (AvgIpc) is 2.62. The molecule has 2 aromatic carbocycles. The summed E-state index contributed by atoms with van der Waals surface area (Å²) >= 11 is 6.13. The number of nitrogens with zero attached hydrogens (tertiary/aromatic N) is 3. The summed E-state index contributed by atoms with van der Waals surface area (Å²) < 4.78 is 5.37. The molecule has 1 saturated heterocycles. The molecule has 0 N–H and O–H groups in total. The molecule has 1 fully saturated rings. The maximum absolute atomic E-state index is 6.13. The molecule has 0 atom stereocenters. The molecule has 4 nitrogen and oxygen atoms in total. The van der Waals surface area contributed by atoms with Crippen molar-refractivity contribution in [3.05, 3.63) is 52.5 Å². The molecule has 0 radical (unpaired) electrons. The molecule has 1 heterocycles. The lowest BCUT2D eigenvalue weighted by Crippen LogP contribution is -2.35. The van der Waals surface area contributed by atoms with E-state index in [4.69, 9.17) is 16.3 Å². The number of aliphatic imine (C=N–C) groups is 1. The zero-order valence-electron chi connectivity index (χ0n) is 15.0. The normalized spacial score (nSPS) is 15.0. The summed E-state index contributed by atoms with van der Waals surface area (Å²) in [5.74, 6) is 0. The Labute approximate surface area is 154 Å². The zero-order valence-corrected chi connectivity index (χ0v) is 15.8. The highest BCUT2D eigenvalue weighted by Crippen LogP contribution is 2.33. The molecule has 1 aliphatic rings. The number of hydrogen-bond acceptors (Lipinski definition) is 3. The van der Waals surface area contributed by atoms with Crippen molar-refractivity contribution >= 4 is 35.0 Å². The highest BCUT2D eigenvalue weighted by Gasteiger charge is 2.11. The Balaban J connectivity index is 1.83. The van der Waals surface area contributed by atoms with E-state index in [1.165, 1.54) is 5.56 Å². The third-order valence-electron chi connectivity index (χ3n) is 4.48. The van der Waals surface area contributed by atoms with Crippen LogP contribution in [0.25, 0.3) is 0 Å². The molecular formula is C20H24ClN3O. The SMILES string of the molecule is Cc1cc(N(C)c2cccc(Cl)c2)c(C)cc1N=CN1CCOCC1. The van der Waals surface area contributed by atoms with Gasteiger partial charge in [-0.25, -0.2) is 4.99 Å². The van der Waals surface area contributed by atoms with Gasteiger partial charge in [-0.05, 0) is 55.3 Å². The highest BCUT2D eigenvalue weighted by molar-refractivity contribution is 6.30. The standard InChI is InChI=1S/C20H24ClN3O/c1-15-12-20(23(3)18-6-4-5-17(21)13-18)16(2)11-19(15)22-14-24-7-9-25-10-8-24/h4-6,11-14H,7-10H2,1-3H3. The molecule has 1 aliphatic heterocycles. The molecule has 0 aliphatic carbocycles. The highest BCUT2D eigenvalue weighted by atomic mass is 35.5. The first kappa shape index (κ1) is 17.8. The minimum absolute atomic E-state index is 0.741. The van der Waals surface area contributed by atoms with Gasteiger partial charge in [0, 0.05) is 36.5 Å². The van der Waals surface area contributed by atoms with Gasteiger partial charge in [-0.15, -0.1) is 0 Å². The molecule has 2 aromatic rings. The largest absolute Gasteiger partial charge is 0.378 e. The van der Waals surface area contributed by atoms with E-state index in [1.54, 1.807) is 0 Å². The van der Waals surface area contributed by atoms with Crippen LogP contribution in [0.2, 0.25) is 5.02 Å². The van der Waals surface area contributed by atoms with Crippen molar-refractivity contribution < 1.29 is 4.74 Å². The van der Waals surface area contributed by atoms with E-state index in [1.807, 2.05) is 24.5 Å². The third kappa shape index (κ3) is 4.33. The van der Waals surface area contributed by atoms with Crippen LogP contribution < -0.4 is 4.90 Å². The monoisotopic (exact) mass is 357 g/mol. The second kappa shape index (κ2) is 7.89. The summed E-state index contributed by atoms with van der Waals surface area (Å²) in [4.78, 5) is 9.04. The van der Waals surface area contributed by atoms with Crippen LogP contribution in [0, 0.1) is 13.8 Å². The summed E-state index contributed by atoms with van der Waals surface area (Å²) in [6, 6.07) is 12.2. The first-order chi connectivity index (χ1) is 12.0. The van der Waals surface area contributed by atoms with E-state index in [0.29, 0.717) is 0 Å². The van der Waals surface area contributed by atoms with Crippen molar-refractivity contribution in [3.63, 3.8) is 0 Å². The summed E-state index contributed by atoms with van der Waals surface area (Å²) in [5, 5.41) is 0.741. The Morgan fingerprint density at radius 3 is 2.60 bits per heavy atom. The maximum Gasteiger partial charge on any atom is 0.0914 e. The summed E-state index contributed by atoms with van der Waals surface area (Å²) in [7, 11) is 2.06. The first-order valence-corrected chi connectivity index (χ1v) is 8.89. The Morgan fingerprint density at radius 2 is 1.88 bits per heavy atom. The first-order valence-electron chi connectivity index (χ1n) is 8.51. The molecule has 0 amide bonds. The fourth-order valence-electron chi connectivity index (χ4n) is 2.95. The quantitative estimate of drug-likeness (QED) is 0.585. The number of benzene rings is 2. The molecule has 0 spiro atoms. The maximum atomic E-state index is 6.13. The predicted molar refractivity (Wildman–Crippen MR) is 106 cm³/mol. The van der Waals surface area contributed by atoms with Gasteiger partial charge in [0.1, 0.15) is 0 Å². The van der Waals surface area contributed by atoms with Crippen molar-refractivity contribution in [1.82, 2.24) is 4.90 Å². The minimum atomic E-state index is 0.741. The molecular weight excluding hydrogens is 334 g/mol. The van der Waals surface area contributed by atoms with Crippen LogP contribution in [0.4, 0.5) is 17.1 Å². The topological polar surface area (TPSA) is 28.1 Å². The van der Waals surface area contributed by atoms with Crippen LogP contribution in [0.1, 0.15) is 11.1 Å². The van der Waals surface area contributed by atoms with Gasteiger partial charge in [-0.1, -0.05) is 17.7 Å². The van der Waals surface area contributed by atoms with Crippen molar-refractivity contribution in [1.29, 1.82) is 0 Å². The Bertz CT molecular complexity index is 770. The second-order valence-electron chi connectivity index (χ2n) is 6.36. The van der Waals surface area contributed by atoms with Gasteiger partial charge in [-0.2, -0.15) is 0 Å². The lowest BCUT2D eigenvalue weighted by atomic mass is 10.1. The van der Waals surface area contributed by atoms with Crippen LogP contribution in [0.5, 0.6) is 0 Å². The number of halogens is 1. The molecule has 0 aromatic heterocycles. The number of aryl methyl sites for hydroxylation is 2. The van der Waals surface area contributed by atoms with Crippen LogP contribution >= 0.6 is 11.6 Å². The van der Waals surface area contributed by atoms with Gasteiger partial charge in [0.2, 0.25) is 0 Å². The number of hydrogen-bond donors (Lipinski definition) is 0. The number of morpholine rings is 1. The predicted octanol–water partition coefficient (Wildman–Crippen LogP) is 4.72. The van der Waals surface area contributed by atoms with Crippen LogP contribution in [-0.4, -0.2) is 44.6 Å². The molecule has 0 saturated carbocycles. The van der Waals surface area contributed by atoms with Gasteiger partial charge in [0.25, 0.3) is 0 Å². The van der Waals surface area contributed by atoms with Crippen molar-refractivity contribution in [2.75, 3.05) is 38.3 Å². The van der Waals surface area contributed by atoms with Gasteiger partial charge < -0.3 is 14.5 Å². The third-order valence-corrected chi connectivity index (χ3v) is 4.71. The van der Waals surface area contributed by atoms with Gasteiger partial charge in [-0.3, -0.25) is 0 Å². The molecule has 0 unspecified atom stereocenters. The van der Waals surface area contributed by atoms with Crippen LogP contribution in [-0.2, 0) is 4.74 Å².